The fraction of sp³-hybridized carbons (Fsp3) is 0.0833. The van der Waals surface area contributed by atoms with Crippen LogP contribution in [-0.4, -0.2) is 11.8 Å². The molecule has 0 bridgehead atoms. The van der Waals surface area contributed by atoms with Gasteiger partial charge in [-0.1, -0.05) is 36.4 Å². The summed E-state index contributed by atoms with van der Waals surface area (Å²) in [5.41, 5.74) is 4.19. The number of benzene rings is 3. The quantitative estimate of drug-likeness (QED) is 0.484. The number of amides is 2. The zero-order valence-corrected chi connectivity index (χ0v) is 16.2. The van der Waals surface area contributed by atoms with Gasteiger partial charge in [0.2, 0.25) is 5.76 Å². The molecule has 0 unspecified atom stereocenters. The molecular formula is C24H20N2O3. The lowest BCUT2D eigenvalue weighted by molar-refractivity contribution is 0.0999. The van der Waals surface area contributed by atoms with E-state index in [1.54, 1.807) is 24.3 Å². The lowest BCUT2D eigenvalue weighted by Gasteiger charge is -2.09. The van der Waals surface area contributed by atoms with Crippen molar-refractivity contribution < 1.29 is 14.0 Å². The largest absolute Gasteiger partial charge is 0.449 e. The SMILES string of the molecule is Cc1ccc(C(=O)Nc2c(C(=O)Nc3ccccc3)oc3ccccc23)cc1C. The first kappa shape index (κ1) is 18.5. The molecule has 4 aromatic rings. The van der Waals surface area contributed by atoms with Gasteiger partial charge in [-0.05, 0) is 61.4 Å². The van der Waals surface area contributed by atoms with Crippen LogP contribution in [0.1, 0.15) is 32.0 Å². The Morgan fingerprint density at radius 2 is 1.48 bits per heavy atom. The first-order valence-corrected chi connectivity index (χ1v) is 9.29. The molecule has 0 atom stereocenters. The van der Waals surface area contributed by atoms with Gasteiger partial charge in [0.25, 0.3) is 11.8 Å². The molecule has 0 aliphatic heterocycles. The molecule has 29 heavy (non-hydrogen) atoms. The van der Waals surface area contributed by atoms with Crippen LogP contribution in [0.5, 0.6) is 0 Å². The minimum Gasteiger partial charge on any atom is -0.449 e. The number of carbonyl (C=O) groups is 2. The van der Waals surface area contributed by atoms with Gasteiger partial charge < -0.3 is 15.1 Å². The van der Waals surface area contributed by atoms with E-state index in [4.69, 9.17) is 4.42 Å². The molecule has 2 amide bonds. The number of nitrogens with one attached hydrogen (secondary N) is 2. The lowest BCUT2D eigenvalue weighted by Crippen LogP contribution is -2.17. The van der Waals surface area contributed by atoms with E-state index < -0.39 is 5.91 Å². The van der Waals surface area contributed by atoms with E-state index in [1.165, 1.54) is 0 Å². The molecule has 0 fully saturated rings. The van der Waals surface area contributed by atoms with Crippen molar-refractivity contribution in [2.45, 2.75) is 13.8 Å². The number of fused-ring (bicyclic) bond motifs is 1. The topological polar surface area (TPSA) is 71.3 Å². The highest BCUT2D eigenvalue weighted by atomic mass is 16.3. The Bertz CT molecular complexity index is 1210. The molecule has 5 nitrogen and oxygen atoms in total. The van der Waals surface area contributed by atoms with Gasteiger partial charge in [-0.2, -0.15) is 0 Å². The monoisotopic (exact) mass is 384 g/mol. The molecule has 3 aromatic carbocycles. The summed E-state index contributed by atoms with van der Waals surface area (Å²) < 4.78 is 5.79. The molecule has 0 spiro atoms. The van der Waals surface area contributed by atoms with Gasteiger partial charge in [-0.3, -0.25) is 9.59 Å². The number of hydrogen-bond acceptors (Lipinski definition) is 3. The second kappa shape index (κ2) is 7.64. The molecule has 0 saturated heterocycles. The van der Waals surface area contributed by atoms with E-state index in [0.29, 0.717) is 27.9 Å². The van der Waals surface area contributed by atoms with Crippen LogP contribution in [0.15, 0.2) is 77.2 Å². The molecule has 1 heterocycles. The summed E-state index contributed by atoms with van der Waals surface area (Å²) >= 11 is 0. The minimum absolute atomic E-state index is 0.0623. The van der Waals surface area contributed by atoms with Gasteiger partial charge in [0.1, 0.15) is 11.3 Å². The molecular weight excluding hydrogens is 364 g/mol. The summed E-state index contributed by atoms with van der Waals surface area (Å²) in [6, 6.07) is 21.8. The average molecular weight is 384 g/mol. The van der Waals surface area contributed by atoms with E-state index in [0.717, 1.165) is 11.1 Å². The van der Waals surface area contributed by atoms with E-state index in [1.807, 2.05) is 62.4 Å². The van der Waals surface area contributed by atoms with E-state index in [9.17, 15) is 9.59 Å². The predicted molar refractivity (Wildman–Crippen MR) is 114 cm³/mol. The normalized spacial score (nSPS) is 10.7. The fourth-order valence-electron chi connectivity index (χ4n) is 3.11. The minimum atomic E-state index is -0.428. The number of rotatable bonds is 4. The van der Waals surface area contributed by atoms with Crippen LogP contribution in [0.4, 0.5) is 11.4 Å². The Morgan fingerprint density at radius 1 is 0.759 bits per heavy atom. The van der Waals surface area contributed by atoms with E-state index >= 15 is 0 Å². The Labute approximate surface area is 168 Å². The van der Waals surface area contributed by atoms with Gasteiger partial charge in [0, 0.05) is 16.6 Å². The fourth-order valence-corrected chi connectivity index (χ4v) is 3.11. The Hall–Kier alpha value is -3.86. The van der Waals surface area contributed by atoms with Crippen molar-refractivity contribution in [3.8, 4) is 0 Å². The second-order valence-corrected chi connectivity index (χ2v) is 6.88. The zero-order chi connectivity index (χ0) is 20.4. The van der Waals surface area contributed by atoms with E-state index in [-0.39, 0.29) is 11.7 Å². The Kier molecular flexibility index (Phi) is 4.87. The summed E-state index contributed by atoms with van der Waals surface area (Å²) in [5, 5.41) is 6.34. The maximum Gasteiger partial charge on any atom is 0.293 e. The summed E-state index contributed by atoms with van der Waals surface area (Å²) in [6.07, 6.45) is 0. The summed E-state index contributed by atoms with van der Waals surface area (Å²) in [7, 11) is 0. The van der Waals surface area contributed by atoms with Crippen molar-refractivity contribution >= 4 is 34.2 Å². The summed E-state index contributed by atoms with van der Waals surface area (Å²) in [4.78, 5) is 25.7. The third kappa shape index (κ3) is 3.75. The number of hydrogen-bond donors (Lipinski definition) is 2. The maximum absolute atomic E-state index is 12.9. The van der Waals surface area contributed by atoms with Crippen LogP contribution in [0.25, 0.3) is 11.0 Å². The lowest BCUT2D eigenvalue weighted by atomic mass is 10.1. The maximum atomic E-state index is 12.9. The van der Waals surface area contributed by atoms with Crippen LogP contribution in [0.3, 0.4) is 0 Å². The molecule has 0 radical (unpaired) electrons. The summed E-state index contributed by atoms with van der Waals surface area (Å²) in [5.74, 6) is -0.663. The number of para-hydroxylation sites is 2. The highest BCUT2D eigenvalue weighted by molar-refractivity contribution is 6.16. The molecule has 4 rings (SSSR count). The smallest absolute Gasteiger partial charge is 0.293 e. The second-order valence-electron chi connectivity index (χ2n) is 6.88. The number of anilines is 2. The first-order valence-electron chi connectivity index (χ1n) is 9.29. The van der Waals surface area contributed by atoms with Crippen LogP contribution in [0.2, 0.25) is 0 Å². The highest BCUT2D eigenvalue weighted by Gasteiger charge is 2.23. The van der Waals surface area contributed by atoms with Crippen LogP contribution in [-0.2, 0) is 0 Å². The molecule has 0 aliphatic carbocycles. The molecule has 144 valence electrons. The van der Waals surface area contributed by atoms with Gasteiger partial charge in [-0.15, -0.1) is 0 Å². The number of aryl methyl sites for hydroxylation is 2. The Morgan fingerprint density at radius 3 is 2.24 bits per heavy atom. The summed E-state index contributed by atoms with van der Waals surface area (Å²) in [6.45, 7) is 3.95. The molecule has 2 N–H and O–H groups in total. The first-order chi connectivity index (χ1) is 14.0. The molecule has 1 aromatic heterocycles. The van der Waals surface area contributed by atoms with Crippen molar-refractivity contribution in [1.29, 1.82) is 0 Å². The van der Waals surface area contributed by atoms with Gasteiger partial charge >= 0.3 is 0 Å². The van der Waals surface area contributed by atoms with Crippen molar-refractivity contribution in [2.75, 3.05) is 10.6 Å². The van der Waals surface area contributed by atoms with Crippen LogP contribution in [0, 0.1) is 13.8 Å². The molecule has 0 saturated carbocycles. The van der Waals surface area contributed by atoms with Crippen LogP contribution < -0.4 is 10.6 Å². The molecule has 5 heteroatoms. The van der Waals surface area contributed by atoms with Crippen LogP contribution >= 0.6 is 0 Å². The average Bonchev–Trinajstić information content (AvgIpc) is 3.09. The zero-order valence-electron chi connectivity index (χ0n) is 16.2. The van der Waals surface area contributed by atoms with Gasteiger partial charge in [0.05, 0.1) is 0 Å². The van der Waals surface area contributed by atoms with E-state index in [2.05, 4.69) is 10.6 Å². The Balaban J connectivity index is 1.70. The number of carbonyl (C=O) groups excluding carboxylic acids is 2. The van der Waals surface area contributed by atoms with Gasteiger partial charge in [-0.25, -0.2) is 0 Å². The van der Waals surface area contributed by atoms with Crippen molar-refractivity contribution in [3.63, 3.8) is 0 Å². The third-order valence-electron chi connectivity index (χ3n) is 4.84. The number of furan rings is 1. The highest BCUT2D eigenvalue weighted by Crippen LogP contribution is 2.32. The predicted octanol–water partition coefficient (Wildman–Crippen LogP) is 5.55. The third-order valence-corrected chi connectivity index (χ3v) is 4.84. The van der Waals surface area contributed by atoms with Crippen molar-refractivity contribution in [3.05, 3.63) is 95.2 Å². The standard InChI is InChI=1S/C24H20N2O3/c1-15-12-13-17(14-16(15)2)23(27)26-21-19-10-6-7-11-20(19)29-22(21)24(28)25-18-8-4-3-5-9-18/h3-14H,1-2H3,(H,25,28)(H,26,27). The van der Waals surface area contributed by atoms with Crippen molar-refractivity contribution in [1.82, 2.24) is 0 Å². The van der Waals surface area contributed by atoms with Gasteiger partial charge in [0.15, 0.2) is 0 Å². The van der Waals surface area contributed by atoms with Crippen molar-refractivity contribution in [2.24, 2.45) is 0 Å². The molecule has 0 aliphatic rings.